The van der Waals surface area contributed by atoms with Crippen LogP contribution in [0.25, 0.3) is 5.78 Å². The molecule has 1 amide bonds. The van der Waals surface area contributed by atoms with Crippen LogP contribution >= 0.6 is 11.8 Å². The molecule has 0 radical (unpaired) electrons. The van der Waals surface area contributed by atoms with Crippen molar-refractivity contribution >= 4 is 39.2 Å². The van der Waals surface area contributed by atoms with Crippen molar-refractivity contribution in [2.45, 2.75) is 57.0 Å². The fourth-order valence-electron chi connectivity index (χ4n) is 3.77. The van der Waals surface area contributed by atoms with Crippen molar-refractivity contribution in [2.75, 3.05) is 24.2 Å². The number of nitrogens with zero attached hydrogens (tertiary/aromatic N) is 5. The van der Waals surface area contributed by atoms with Crippen LogP contribution in [0.15, 0.2) is 28.3 Å². The molecule has 1 N–H and O–H groups in total. The van der Waals surface area contributed by atoms with E-state index in [1.165, 1.54) is 16.1 Å². The van der Waals surface area contributed by atoms with Crippen molar-refractivity contribution in [3.8, 4) is 0 Å². The lowest BCUT2D eigenvalue weighted by molar-refractivity contribution is -0.113. The van der Waals surface area contributed by atoms with E-state index in [4.69, 9.17) is 0 Å². The number of aromatic nitrogens is 4. The lowest BCUT2D eigenvalue weighted by Crippen LogP contribution is -2.35. The van der Waals surface area contributed by atoms with Crippen LogP contribution in [0.2, 0.25) is 0 Å². The molecular formula is C22H28N6O3S2. The maximum atomic E-state index is 13.0. The maximum Gasteiger partial charge on any atom is 0.253 e. The number of hydrogen-bond donors (Lipinski definition) is 1. The highest BCUT2D eigenvalue weighted by Crippen LogP contribution is 2.26. The van der Waals surface area contributed by atoms with Crippen LogP contribution in [0.4, 0.5) is 5.69 Å². The number of hydrogen-bond acceptors (Lipinski definition) is 7. The molecule has 9 nitrogen and oxygen atoms in total. The summed E-state index contributed by atoms with van der Waals surface area (Å²) in [5.74, 6) is 0.340. The van der Waals surface area contributed by atoms with E-state index in [0.717, 1.165) is 41.8 Å². The number of nitrogens with one attached hydrogen (secondary N) is 1. The van der Waals surface area contributed by atoms with E-state index in [0.29, 0.717) is 29.7 Å². The highest BCUT2D eigenvalue weighted by molar-refractivity contribution is 7.99. The Morgan fingerprint density at radius 3 is 2.55 bits per heavy atom. The highest BCUT2D eigenvalue weighted by atomic mass is 32.2. The van der Waals surface area contributed by atoms with Crippen molar-refractivity contribution in [1.29, 1.82) is 0 Å². The molecule has 4 rings (SSSR count). The summed E-state index contributed by atoms with van der Waals surface area (Å²) in [6.45, 7) is 8.78. The fourth-order valence-corrected chi connectivity index (χ4v) is 5.93. The van der Waals surface area contributed by atoms with Crippen molar-refractivity contribution < 1.29 is 13.2 Å². The Morgan fingerprint density at radius 1 is 1.09 bits per heavy atom. The van der Waals surface area contributed by atoms with Crippen LogP contribution in [0.5, 0.6) is 0 Å². The third kappa shape index (κ3) is 4.90. The second kappa shape index (κ2) is 9.40. The molecule has 0 saturated carbocycles. The van der Waals surface area contributed by atoms with E-state index in [1.807, 2.05) is 27.7 Å². The third-order valence-corrected chi connectivity index (χ3v) is 8.74. The molecule has 11 heteroatoms. The van der Waals surface area contributed by atoms with Gasteiger partial charge in [0.1, 0.15) is 0 Å². The van der Waals surface area contributed by atoms with Gasteiger partial charge in [-0.3, -0.25) is 4.79 Å². The van der Waals surface area contributed by atoms with Crippen molar-refractivity contribution in [3.63, 3.8) is 0 Å². The number of carbonyl (C=O) groups excluding carboxylic acids is 1. The quantitative estimate of drug-likeness (QED) is 0.530. The summed E-state index contributed by atoms with van der Waals surface area (Å²) in [7, 11) is -3.57. The lowest BCUT2D eigenvalue weighted by Gasteiger charge is -2.26. The Hall–Kier alpha value is -2.50. The zero-order chi connectivity index (χ0) is 23.8. The van der Waals surface area contributed by atoms with Gasteiger partial charge in [0, 0.05) is 30.2 Å². The Kier molecular flexibility index (Phi) is 6.73. The van der Waals surface area contributed by atoms with E-state index in [2.05, 4.69) is 20.4 Å². The molecule has 3 aromatic rings. The molecule has 3 heterocycles. The summed E-state index contributed by atoms with van der Waals surface area (Å²) >= 11 is 1.21. The zero-order valence-electron chi connectivity index (χ0n) is 19.3. The van der Waals surface area contributed by atoms with Crippen LogP contribution in [0.1, 0.15) is 41.8 Å². The van der Waals surface area contributed by atoms with E-state index in [-0.39, 0.29) is 16.6 Å². The van der Waals surface area contributed by atoms with Crippen LogP contribution in [0, 0.1) is 27.7 Å². The number of anilines is 1. The molecule has 2 aromatic heterocycles. The second-order valence-electron chi connectivity index (χ2n) is 8.29. The van der Waals surface area contributed by atoms with Gasteiger partial charge in [-0.2, -0.15) is 9.29 Å². The van der Waals surface area contributed by atoms with E-state index in [9.17, 15) is 13.2 Å². The van der Waals surface area contributed by atoms with Crippen LogP contribution in [0.3, 0.4) is 0 Å². The predicted octanol–water partition coefficient (Wildman–Crippen LogP) is 3.26. The number of fused-ring (bicyclic) bond motifs is 1. The topological polar surface area (TPSA) is 110 Å². The average Bonchev–Trinajstić information content (AvgIpc) is 3.21. The number of carbonyl (C=O) groups is 1. The molecule has 0 spiro atoms. The monoisotopic (exact) mass is 488 g/mol. The van der Waals surface area contributed by atoms with Crippen molar-refractivity contribution in [3.05, 3.63) is 40.7 Å². The summed E-state index contributed by atoms with van der Waals surface area (Å²) < 4.78 is 29.2. The molecule has 1 aliphatic heterocycles. The van der Waals surface area contributed by atoms with Crippen molar-refractivity contribution in [1.82, 2.24) is 23.9 Å². The van der Waals surface area contributed by atoms with Gasteiger partial charge in [-0.05, 0) is 63.8 Å². The first kappa shape index (κ1) is 23.7. The van der Waals surface area contributed by atoms with E-state index >= 15 is 0 Å². The van der Waals surface area contributed by atoms with Gasteiger partial charge in [-0.25, -0.2) is 17.9 Å². The third-order valence-electron chi connectivity index (χ3n) is 6.01. The van der Waals surface area contributed by atoms with Gasteiger partial charge in [0.2, 0.25) is 21.1 Å². The minimum Gasteiger partial charge on any atom is -0.325 e. The predicted molar refractivity (Wildman–Crippen MR) is 128 cm³/mol. The Morgan fingerprint density at radius 2 is 1.82 bits per heavy atom. The van der Waals surface area contributed by atoms with Gasteiger partial charge in [0.25, 0.3) is 5.78 Å². The molecule has 0 bridgehead atoms. The molecule has 176 valence electrons. The number of piperidine rings is 1. The molecule has 1 saturated heterocycles. The summed E-state index contributed by atoms with van der Waals surface area (Å²) in [6, 6.07) is 4.87. The molecule has 0 atom stereocenters. The largest absolute Gasteiger partial charge is 0.325 e. The first-order valence-corrected chi connectivity index (χ1v) is 13.3. The molecule has 0 unspecified atom stereocenters. The SMILES string of the molecule is Cc1ccc(S(=O)(=O)N2CCCCC2)cc1NC(=O)CSc1nc2nc(C)c(C)c(C)n2n1. The minimum atomic E-state index is -3.57. The first-order chi connectivity index (χ1) is 15.7. The summed E-state index contributed by atoms with van der Waals surface area (Å²) in [5, 5.41) is 7.75. The maximum absolute atomic E-state index is 13.0. The average molecular weight is 489 g/mol. The number of amides is 1. The summed E-state index contributed by atoms with van der Waals surface area (Å²) in [6.07, 6.45) is 2.79. The molecule has 1 aliphatic rings. The molecule has 0 aliphatic carbocycles. The fraction of sp³-hybridized carbons (Fsp3) is 0.455. The second-order valence-corrected chi connectivity index (χ2v) is 11.2. The normalized spacial score (nSPS) is 15.2. The molecule has 1 fully saturated rings. The van der Waals surface area contributed by atoms with Gasteiger partial charge in [0.15, 0.2) is 0 Å². The van der Waals surface area contributed by atoms with E-state index in [1.54, 1.807) is 22.7 Å². The molecular weight excluding hydrogens is 460 g/mol. The van der Waals surface area contributed by atoms with Crippen molar-refractivity contribution in [2.24, 2.45) is 0 Å². The highest BCUT2D eigenvalue weighted by Gasteiger charge is 2.26. The van der Waals surface area contributed by atoms with Crippen LogP contribution in [-0.2, 0) is 14.8 Å². The minimum absolute atomic E-state index is 0.0937. The van der Waals surface area contributed by atoms with Gasteiger partial charge >= 0.3 is 0 Å². The van der Waals surface area contributed by atoms with Gasteiger partial charge in [0.05, 0.1) is 10.6 Å². The number of benzene rings is 1. The number of aryl methyl sites for hydroxylation is 3. The van der Waals surface area contributed by atoms with Gasteiger partial charge in [-0.15, -0.1) is 5.10 Å². The molecule has 33 heavy (non-hydrogen) atoms. The Bertz CT molecular complexity index is 1310. The van der Waals surface area contributed by atoms with Crippen LogP contribution in [-0.4, -0.2) is 57.1 Å². The number of thioether (sulfide) groups is 1. The van der Waals surface area contributed by atoms with E-state index < -0.39 is 10.0 Å². The van der Waals surface area contributed by atoms with Gasteiger partial charge < -0.3 is 5.32 Å². The summed E-state index contributed by atoms with van der Waals surface area (Å²) in [4.78, 5) is 21.7. The molecule has 1 aromatic carbocycles. The Labute approximate surface area is 198 Å². The standard InChI is InChI=1S/C22H28N6O3S2/c1-14-8-9-18(33(30,31)27-10-6-5-7-11-27)12-19(14)24-20(29)13-32-22-25-21-23-16(3)15(2)17(4)28(21)26-22/h8-9,12H,5-7,10-11,13H2,1-4H3,(H,24,29). The smallest absolute Gasteiger partial charge is 0.253 e. The first-order valence-electron chi connectivity index (χ1n) is 10.9. The lowest BCUT2D eigenvalue weighted by atomic mass is 10.2. The van der Waals surface area contributed by atoms with Gasteiger partial charge in [-0.1, -0.05) is 24.2 Å². The summed E-state index contributed by atoms with van der Waals surface area (Å²) in [5.41, 5.74) is 4.20. The number of rotatable bonds is 6. The Balaban J connectivity index is 1.46. The number of sulfonamides is 1. The van der Waals surface area contributed by atoms with Crippen LogP contribution < -0.4 is 5.32 Å². The zero-order valence-corrected chi connectivity index (χ0v) is 20.9.